The predicted molar refractivity (Wildman–Crippen MR) is 97.5 cm³/mol. The third-order valence-corrected chi connectivity index (χ3v) is 6.25. The van der Waals surface area contributed by atoms with Crippen molar-refractivity contribution in [3.8, 4) is 0 Å². The van der Waals surface area contributed by atoms with E-state index in [-0.39, 0.29) is 0 Å². The van der Waals surface area contributed by atoms with E-state index in [9.17, 15) is 8.42 Å². The fourth-order valence-electron chi connectivity index (χ4n) is 2.30. The van der Waals surface area contributed by atoms with E-state index in [0.29, 0.717) is 6.54 Å². The van der Waals surface area contributed by atoms with Crippen molar-refractivity contribution in [2.24, 2.45) is 0 Å². The number of unbranched alkanes of at least 4 members (excludes halogenated alkanes) is 1. The number of rotatable bonds is 10. The van der Waals surface area contributed by atoms with Crippen molar-refractivity contribution < 1.29 is 17.1 Å². The van der Waals surface area contributed by atoms with Crippen LogP contribution in [0, 0.1) is 0 Å². The van der Waals surface area contributed by atoms with Crippen molar-refractivity contribution in [3.63, 3.8) is 0 Å². The fraction of sp³-hybridized carbons (Fsp3) is 0.625. The zero-order chi connectivity index (χ0) is 17.5. The Morgan fingerprint density at radius 1 is 1.22 bits per heavy atom. The van der Waals surface area contributed by atoms with Crippen molar-refractivity contribution in [1.29, 1.82) is 0 Å². The summed E-state index contributed by atoms with van der Waals surface area (Å²) in [6.45, 7) is 8.63. The van der Waals surface area contributed by atoms with Gasteiger partial charge < -0.3 is 4.53 Å². The van der Waals surface area contributed by atoms with Gasteiger partial charge in [0.15, 0.2) is 0 Å². The minimum absolute atomic E-state index is 0.361. The molecule has 1 unspecified atom stereocenters. The molecule has 1 aromatic carbocycles. The van der Waals surface area contributed by atoms with Crippen LogP contribution in [0.25, 0.3) is 0 Å². The molecule has 0 amide bonds. The van der Waals surface area contributed by atoms with Crippen molar-refractivity contribution >= 4 is 24.1 Å². The molecule has 0 saturated carbocycles. The molecule has 0 fully saturated rings. The summed E-state index contributed by atoms with van der Waals surface area (Å²) in [7, 11) is -5.35. The summed E-state index contributed by atoms with van der Waals surface area (Å²) >= 11 is 0. The lowest BCUT2D eigenvalue weighted by Gasteiger charge is -2.34. The molecule has 23 heavy (non-hydrogen) atoms. The van der Waals surface area contributed by atoms with Gasteiger partial charge in [-0.1, -0.05) is 38.0 Å². The van der Waals surface area contributed by atoms with Crippen molar-refractivity contribution in [1.82, 2.24) is 0 Å². The third kappa shape index (κ3) is 8.50. The molecule has 1 rings (SSSR count). The second-order valence-corrected chi connectivity index (χ2v) is 12.3. The highest BCUT2D eigenvalue weighted by Gasteiger charge is 2.27. The lowest BCUT2D eigenvalue weighted by Crippen LogP contribution is -2.43. The molecule has 0 N–H and O–H groups in total. The number of benzene rings is 1. The van der Waals surface area contributed by atoms with Gasteiger partial charge in [0.25, 0.3) is 10.1 Å². The van der Waals surface area contributed by atoms with E-state index in [2.05, 4.69) is 20.0 Å². The first kappa shape index (κ1) is 20.2. The van der Waals surface area contributed by atoms with Crippen LogP contribution in [0.5, 0.6) is 0 Å². The zero-order valence-electron chi connectivity index (χ0n) is 14.8. The van der Waals surface area contributed by atoms with Gasteiger partial charge in [-0.15, -0.1) is 0 Å². The Bertz CT molecular complexity index is 563. The summed E-state index contributed by atoms with van der Waals surface area (Å²) in [4.78, 5) is 0. The van der Waals surface area contributed by atoms with Crippen LogP contribution in [-0.4, -0.2) is 35.6 Å². The van der Waals surface area contributed by atoms with Crippen LogP contribution in [-0.2, 0) is 18.8 Å². The van der Waals surface area contributed by atoms with E-state index < -0.39 is 24.5 Å². The van der Waals surface area contributed by atoms with Crippen LogP contribution in [0.4, 0.5) is 5.69 Å². The summed E-state index contributed by atoms with van der Waals surface area (Å²) in [6, 6.07) is 10.8. The van der Waals surface area contributed by atoms with Gasteiger partial charge in [-0.25, -0.2) is 0 Å². The first-order valence-electron chi connectivity index (χ1n) is 8.03. The molecule has 0 heterocycles. The number of para-hydroxylation sites is 1. The van der Waals surface area contributed by atoms with Crippen LogP contribution < -0.4 is 5.06 Å². The molecule has 0 aliphatic carbocycles. The molecule has 0 radical (unpaired) electrons. The number of hydroxylamine groups is 1. The first-order chi connectivity index (χ1) is 10.6. The Labute approximate surface area is 141 Å². The van der Waals surface area contributed by atoms with E-state index in [0.717, 1.165) is 30.8 Å². The Kier molecular flexibility index (Phi) is 7.73. The summed E-state index contributed by atoms with van der Waals surface area (Å²) < 4.78 is 34.0. The maximum absolute atomic E-state index is 11.3. The lowest BCUT2D eigenvalue weighted by atomic mass is 10.3. The minimum Gasteiger partial charge on any atom is -0.320 e. The van der Waals surface area contributed by atoms with Crippen molar-refractivity contribution in [3.05, 3.63) is 30.3 Å². The van der Waals surface area contributed by atoms with Gasteiger partial charge in [0, 0.05) is 0 Å². The predicted octanol–water partition coefficient (Wildman–Crippen LogP) is 3.79. The molecule has 132 valence electrons. The monoisotopic (exact) mass is 359 g/mol. The quantitative estimate of drug-likeness (QED) is 0.361. The van der Waals surface area contributed by atoms with E-state index in [1.807, 2.05) is 30.3 Å². The highest BCUT2D eigenvalue weighted by molar-refractivity contribution is 7.86. The van der Waals surface area contributed by atoms with Gasteiger partial charge >= 0.3 is 0 Å². The highest BCUT2D eigenvalue weighted by Crippen LogP contribution is 2.22. The molecular weight excluding hydrogens is 330 g/mol. The van der Waals surface area contributed by atoms with Crippen LogP contribution in [0.15, 0.2) is 30.3 Å². The Balaban J connectivity index is 2.86. The average molecular weight is 360 g/mol. The normalized spacial score (nSPS) is 13.8. The second-order valence-electron chi connectivity index (χ2n) is 6.46. The number of nitrogens with zero attached hydrogens (tertiary/aromatic N) is 1. The van der Waals surface area contributed by atoms with E-state index in [1.54, 1.807) is 12.0 Å². The van der Waals surface area contributed by atoms with Crippen LogP contribution in [0.2, 0.25) is 19.1 Å². The maximum Gasteiger partial charge on any atom is 0.264 e. The molecule has 0 aliphatic heterocycles. The van der Waals surface area contributed by atoms with E-state index in [1.165, 1.54) is 0 Å². The molecule has 0 aromatic heterocycles. The third-order valence-electron chi connectivity index (χ3n) is 3.30. The molecule has 1 atom stereocenters. The summed E-state index contributed by atoms with van der Waals surface area (Å²) in [5.41, 5.74) is 0.911. The standard InChI is InChI=1S/C16H29NO4SSi/c1-6-7-13-23(4,5)21-17(16-11-9-8-10-12-16)14-15(2)20-22(3,18)19/h8-12,15H,6-7,13-14H2,1-5H3. The van der Waals surface area contributed by atoms with Crippen LogP contribution in [0.3, 0.4) is 0 Å². The number of hydrogen-bond donors (Lipinski definition) is 0. The fourth-order valence-corrected chi connectivity index (χ4v) is 5.03. The Hall–Kier alpha value is -0.893. The summed E-state index contributed by atoms with van der Waals surface area (Å²) in [6.07, 6.45) is 2.86. The van der Waals surface area contributed by atoms with E-state index in [4.69, 9.17) is 8.71 Å². The van der Waals surface area contributed by atoms with Gasteiger partial charge in [0.2, 0.25) is 8.32 Å². The molecule has 1 aromatic rings. The molecule has 0 spiro atoms. The number of anilines is 1. The Morgan fingerprint density at radius 3 is 2.35 bits per heavy atom. The minimum atomic E-state index is -3.48. The smallest absolute Gasteiger partial charge is 0.264 e. The van der Waals surface area contributed by atoms with Gasteiger partial charge in [-0.2, -0.15) is 8.42 Å². The van der Waals surface area contributed by atoms with Gasteiger partial charge in [-0.3, -0.25) is 9.25 Å². The van der Waals surface area contributed by atoms with Gasteiger partial charge in [0.1, 0.15) is 0 Å². The molecule has 5 nitrogen and oxygen atoms in total. The first-order valence-corrected chi connectivity index (χ1v) is 13.0. The zero-order valence-corrected chi connectivity index (χ0v) is 16.6. The molecule has 0 bridgehead atoms. The molecule has 7 heteroatoms. The van der Waals surface area contributed by atoms with Crippen LogP contribution >= 0.6 is 0 Å². The summed E-state index contributed by atoms with van der Waals surface area (Å²) in [5, 5.41) is 1.79. The van der Waals surface area contributed by atoms with E-state index >= 15 is 0 Å². The maximum atomic E-state index is 11.3. The van der Waals surface area contributed by atoms with Gasteiger partial charge in [-0.05, 0) is 38.2 Å². The Morgan fingerprint density at radius 2 is 1.83 bits per heavy atom. The highest BCUT2D eigenvalue weighted by atomic mass is 32.2. The molecule has 0 saturated heterocycles. The number of hydrogen-bond acceptors (Lipinski definition) is 5. The SMILES string of the molecule is CCCC[Si](C)(C)ON(CC(C)OS(C)(=O)=O)c1ccccc1. The van der Waals surface area contributed by atoms with Crippen LogP contribution in [0.1, 0.15) is 26.7 Å². The lowest BCUT2D eigenvalue weighted by molar-refractivity contribution is 0.182. The second kappa shape index (κ2) is 8.82. The van der Waals surface area contributed by atoms with Crippen molar-refractivity contribution in [2.45, 2.75) is 51.9 Å². The topological polar surface area (TPSA) is 55.8 Å². The largest absolute Gasteiger partial charge is 0.320 e. The van der Waals surface area contributed by atoms with Gasteiger partial charge in [0.05, 0.1) is 24.6 Å². The molecular formula is C16H29NO4SSi. The average Bonchev–Trinajstić information content (AvgIpc) is 2.43. The van der Waals surface area contributed by atoms with Crippen molar-refractivity contribution in [2.75, 3.05) is 17.9 Å². The summed E-state index contributed by atoms with van der Waals surface area (Å²) in [5.74, 6) is 0. The molecule has 0 aliphatic rings.